The highest BCUT2D eigenvalue weighted by molar-refractivity contribution is 5.74. The SMILES string of the molecule is O=C1NCCCN1Cc1cccnn1. The Kier molecular flexibility index (Phi) is 2.58. The Balaban J connectivity index is 2.00. The molecule has 5 nitrogen and oxygen atoms in total. The lowest BCUT2D eigenvalue weighted by Crippen LogP contribution is -2.45. The molecule has 0 aromatic carbocycles. The van der Waals surface area contributed by atoms with E-state index < -0.39 is 0 Å². The molecule has 2 heterocycles. The molecule has 1 aromatic heterocycles. The van der Waals surface area contributed by atoms with Gasteiger partial charge in [0.05, 0.1) is 12.2 Å². The fraction of sp³-hybridized carbons (Fsp3) is 0.444. The van der Waals surface area contributed by atoms with Crippen molar-refractivity contribution in [2.75, 3.05) is 13.1 Å². The number of hydrogen-bond donors (Lipinski definition) is 1. The molecule has 0 spiro atoms. The summed E-state index contributed by atoms with van der Waals surface area (Å²) >= 11 is 0. The molecule has 1 fully saturated rings. The van der Waals surface area contributed by atoms with Crippen LogP contribution in [0, 0.1) is 0 Å². The second kappa shape index (κ2) is 4.04. The Hall–Kier alpha value is -1.65. The molecule has 1 saturated heterocycles. The van der Waals surface area contributed by atoms with Crippen LogP contribution in [0.1, 0.15) is 12.1 Å². The monoisotopic (exact) mass is 192 g/mol. The molecule has 0 unspecified atom stereocenters. The maximum Gasteiger partial charge on any atom is 0.317 e. The van der Waals surface area contributed by atoms with Gasteiger partial charge in [-0.25, -0.2) is 4.79 Å². The molecule has 14 heavy (non-hydrogen) atoms. The van der Waals surface area contributed by atoms with Crippen LogP contribution in [-0.4, -0.2) is 34.2 Å². The van der Waals surface area contributed by atoms with E-state index in [1.807, 2.05) is 12.1 Å². The van der Waals surface area contributed by atoms with Gasteiger partial charge in [0.1, 0.15) is 0 Å². The molecular formula is C9H12N4O. The Morgan fingerprint density at radius 1 is 1.57 bits per heavy atom. The minimum absolute atomic E-state index is 0.0121. The summed E-state index contributed by atoms with van der Waals surface area (Å²) in [6.45, 7) is 2.11. The summed E-state index contributed by atoms with van der Waals surface area (Å²) in [5.74, 6) is 0. The van der Waals surface area contributed by atoms with Gasteiger partial charge in [-0.2, -0.15) is 10.2 Å². The number of nitrogens with zero attached hydrogens (tertiary/aromatic N) is 3. The predicted octanol–water partition coefficient (Wildman–Crippen LogP) is 0.392. The van der Waals surface area contributed by atoms with E-state index in [9.17, 15) is 4.79 Å². The normalized spacial score (nSPS) is 16.6. The smallest absolute Gasteiger partial charge is 0.317 e. The summed E-state index contributed by atoms with van der Waals surface area (Å²) < 4.78 is 0. The van der Waals surface area contributed by atoms with Gasteiger partial charge in [0, 0.05) is 19.3 Å². The van der Waals surface area contributed by atoms with E-state index in [0.29, 0.717) is 6.54 Å². The van der Waals surface area contributed by atoms with Crippen LogP contribution in [0.15, 0.2) is 18.3 Å². The molecule has 74 valence electrons. The summed E-state index contributed by atoms with van der Waals surface area (Å²) in [6, 6.07) is 3.68. The zero-order chi connectivity index (χ0) is 9.80. The Morgan fingerprint density at radius 3 is 3.21 bits per heavy atom. The number of amides is 2. The van der Waals surface area contributed by atoms with Crippen LogP contribution in [0.25, 0.3) is 0 Å². The third-order valence-electron chi connectivity index (χ3n) is 2.15. The first-order valence-electron chi connectivity index (χ1n) is 4.65. The van der Waals surface area contributed by atoms with Crippen molar-refractivity contribution in [3.8, 4) is 0 Å². The average molecular weight is 192 g/mol. The molecule has 1 aliphatic heterocycles. The van der Waals surface area contributed by atoms with E-state index in [0.717, 1.165) is 25.2 Å². The van der Waals surface area contributed by atoms with Crippen molar-refractivity contribution in [1.29, 1.82) is 0 Å². The molecule has 1 aliphatic rings. The van der Waals surface area contributed by atoms with Gasteiger partial charge in [-0.15, -0.1) is 0 Å². The number of urea groups is 1. The highest BCUT2D eigenvalue weighted by Crippen LogP contribution is 2.04. The highest BCUT2D eigenvalue weighted by Gasteiger charge is 2.17. The fourth-order valence-electron chi connectivity index (χ4n) is 1.44. The Bertz CT molecular complexity index is 314. The van der Waals surface area contributed by atoms with Crippen molar-refractivity contribution < 1.29 is 4.79 Å². The van der Waals surface area contributed by atoms with Crippen LogP contribution in [0.3, 0.4) is 0 Å². The third-order valence-corrected chi connectivity index (χ3v) is 2.15. The van der Waals surface area contributed by atoms with Gasteiger partial charge < -0.3 is 10.2 Å². The van der Waals surface area contributed by atoms with Crippen LogP contribution >= 0.6 is 0 Å². The summed E-state index contributed by atoms with van der Waals surface area (Å²) in [5.41, 5.74) is 0.824. The number of nitrogens with one attached hydrogen (secondary N) is 1. The summed E-state index contributed by atoms with van der Waals surface area (Å²) in [4.78, 5) is 13.1. The van der Waals surface area contributed by atoms with E-state index in [2.05, 4.69) is 15.5 Å². The topological polar surface area (TPSA) is 58.1 Å². The second-order valence-electron chi connectivity index (χ2n) is 3.22. The Labute approximate surface area is 82.1 Å². The van der Waals surface area contributed by atoms with Gasteiger partial charge in [0.25, 0.3) is 0 Å². The molecule has 1 N–H and O–H groups in total. The number of hydrogen-bond acceptors (Lipinski definition) is 3. The zero-order valence-electron chi connectivity index (χ0n) is 7.81. The lowest BCUT2D eigenvalue weighted by atomic mass is 10.3. The van der Waals surface area contributed by atoms with Crippen LogP contribution < -0.4 is 5.32 Å². The van der Waals surface area contributed by atoms with E-state index in [4.69, 9.17) is 0 Å². The lowest BCUT2D eigenvalue weighted by molar-refractivity contribution is 0.182. The summed E-state index contributed by atoms with van der Waals surface area (Å²) in [7, 11) is 0. The summed E-state index contributed by atoms with van der Waals surface area (Å²) in [5, 5.41) is 10.5. The number of aromatic nitrogens is 2. The molecule has 0 aliphatic carbocycles. The highest BCUT2D eigenvalue weighted by atomic mass is 16.2. The fourth-order valence-corrected chi connectivity index (χ4v) is 1.44. The molecule has 0 radical (unpaired) electrons. The zero-order valence-corrected chi connectivity index (χ0v) is 7.81. The lowest BCUT2D eigenvalue weighted by Gasteiger charge is -2.26. The van der Waals surface area contributed by atoms with Gasteiger partial charge in [0.15, 0.2) is 0 Å². The van der Waals surface area contributed by atoms with Crippen LogP contribution in [0.4, 0.5) is 4.79 Å². The number of rotatable bonds is 2. The van der Waals surface area contributed by atoms with Gasteiger partial charge in [-0.05, 0) is 18.6 Å². The molecule has 2 rings (SSSR count). The van der Waals surface area contributed by atoms with Crippen LogP contribution in [-0.2, 0) is 6.54 Å². The van der Waals surface area contributed by atoms with E-state index in [-0.39, 0.29) is 6.03 Å². The standard InChI is InChI=1S/C9H12N4O/c14-9-10-4-2-6-13(9)7-8-3-1-5-11-12-8/h1,3,5H,2,4,6-7H2,(H,10,14). The van der Waals surface area contributed by atoms with Crippen molar-refractivity contribution in [3.63, 3.8) is 0 Å². The van der Waals surface area contributed by atoms with Crippen LogP contribution in [0.5, 0.6) is 0 Å². The maximum absolute atomic E-state index is 11.4. The van der Waals surface area contributed by atoms with E-state index in [1.54, 1.807) is 11.1 Å². The third kappa shape index (κ3) is 1.99. The largest absolute Gasteiger partial charge is 0.338 e. The van der Waals surface area contributed by atoms with Crippen molar-refractivity contribution in [1.82, 2.24) is 20.4 Å². The Morgan fingerprint density at radius 2 is 2.50 bits per heavy atom. The molecule has 2 amide bonds. The first-order valence-corrected chi connectivity index (χ1v) is 4.65. The minimum Gasteiger partial charge on any atom is -0.338 e. The van der Waals surface area contributed by atoms with Gasteiger partial charge in [-0.1, -0.05) is 0 Å². The molecule has 0 bridgehead atoms. The second-order valence-corrected chi connectivity index (χ2v) is 3.22. The van der Waals surface area contributed by atoms with E-state index in [1.165, 1.54) is 0 Å². The molecular weight excluding hydrogens is 180 g/mol. The van der Waals surface area contributed by atoms with Crippen molar-refractivity contribution in [2.45, 2.75) is 13.0 Å². The first-order chi connectivity index (χ1) is 6.86. The predicted molar refractivity (Wildman–Crippen MR) is 50.5 cm³/mol. The van der Waals surface area contributed by atoms with Crippen molar-refractivity contribution in [2.24, 2.45) is 0 Å². The number of carbonyl (C=O) groups is 1. The first kappa shape index (κ1) is 8.93. The van der Waals surface area contributed by atoms with Crippen LogP contribution in [0.2, 0.25) is 0 Å². The quantitative estimate of drug-likeness (QED) is 0.737. The van der Waals surface area contributed by atoms with Crippen molar-refractivity contribution in [3.05, 3.63) is 24.0 Å². The number of carbonyl (C=O) groups excluding carboxylic acids is 1. The van der Waals surface area contributed by atoms with E-state index >= 15 is 0 Å². The van der Waals surface area contributed by atoms with Gasteiger partial charge >= 0.3 is 6.03 Å². The van der Waals surface area contributed by atoms with Gasteiger partial charge in [0.2, 0.25) is 0 Å². The minimum atomic E-state index is -0.0121. The molecule has 1 aromatic rings. The summed E-state index contributed by atoms with van der Waals surface area (Å²) in [6.07, 6.45) is 2.62. The molecule has 0 saturated carbocycles. The maximum atomic E-state index is 11.4. The average Bonchev–Trinajstić information content (AvgIpc) is 2.23. The van der Waals surface area contributed by atoms with Gasteiger partial charge in [-0.3, -0.25) is 0 Å². The van der Waals surface area contributed by atoms with Crippen molar-refractivity contribution >= 4 is 6.03 Å². The molecule has 0 atom stereocenters. The molecule has 5 heteroatoms.